The lowest BCUT2D eigenvalue weighted by atomic mass is 9.87. The average molecular weight is 944 g/mol. The standard InChI is InChI=1S/C31H44N7O19P3S/c1-31(2,26(43)29(44)34-9-8-21(40)33-10-11-61-22(41)7-5-17-4-6-18(39)19(12-17)52-3)14-54-60(50,51)57-59(48,49)53-13-20-25(56-58(45,46)47)24(42)30(55-20)38-16-37-23-27(32)35-15-36-28(23)38/h4-7,12,15-16,20,24-26,30,39,42-43H,8-11,13-14H2,1-3H3,(H,33,40)(H,34,44)(H,48,49)(H,50,51)(H2,32,35,36)(H2,45,46,47)/b7-5+. The van der Waals surface area contributed by atoms with E-state index in [1.165, 1.54) is 39.2 Å². The number of imidazole rings is 1. The van der Waals surface area contributed by atoms with Gasteiger partial charge in [-0.2, -0.15) is 4.31 Å². The number of ether oxygens (including phenoxy) is 2. The average Bonchev–Trinajstić information content (AvgIpc) is 3.74. The number of thioether (sulfide) groups is 1. The van der Waals surface area contributed by atoms with Gasteiger partial charge in [0.15, 0.2) is 29.2 Å². The Balaban J connectivity index is 1.20. The van der Waals surface area contributed by atoms with Crippen molar-refractivity contribution in [2.24, 2.45) is 5.41 Å². The molecule has 2 amide bonds. The van der Waals surface area contributed by atoms with E-state index in [0.29, 0.717) is 5.56 Å². The van der Waals surface area contributed by atoms with E-state index in [1.54, 1.807) is 12.1 Å². The molecule has 4 rings (SSSR count). The molecule has 338 valence electrons. The highest BCUT2D eigenvalue weighted by molar-refractivity contribution is 8.14. The normalized spacial score (nSPS) is 20.9. The summed E-state index contributed by atoms with van der Waals surface area (Å²) in [6.07, 6.45) is -4.20. The maximum atomic E-state index is 12.7. The number of anilines is 1. The first kappa shape index (κ1) is 49.8. The third-order valence-electron chi connectivity index (χ3n) is 8.36. The number of nitrogens with two attached hydrogens (primary N) is 1. The SMILES string of the molecule is COc1cc(/C=C/C(=O)SCCNC(=O)CCNC(=O)C(O)C(C)(C)COP(=O)(O)OP(=O)(O)OCC2OC(n3cnc4c(N)ncnc43)C(O)C2OP(=O)(O)O)ccc1O. The molecule has 1 aromatic carbocycles. The second kappa shape index (κ2) is 21.0. The van der Waals surface area contributed by atoms with E-state index >= 15 is 0 Å². The lowest BCUT2D eigenvalue weighted by Crippen LogP contribution is -2.46. The minimum absolute atomic E-state index is 0.0223. The van der Waals surface area contributed by atoms with Gasteiger partial charge < -0.3 is 60.7 Å². The third-order valence-corrected chi connectivity index (χ3v) is 12.3. The summed E-state index contributed by atoms with van der Waals surface area (Å²) in [5.41, 5.74) is 4.84. The van der Waals surface area contributed by atoms with E-state index in [2.05, 4.69) is 34.4 Å². The number of rotatable bonds is 22. The number of aliphatic hydroxyl groups is 2. The number of nitrogen functional groups attached to an aromatic ring is 1. The minimum atomic E-state index is -5.59. The van der Waals surface area contributed by atoms with Crippen LogP contribution in [0.15, 0.2) is 36.9 Å². The number of hydrogen-bond donors (Lipinski definition) is 10. The largest absolute Gasteiger partial charge is 0.504 e. The van der Waals surface area contributed by atoms with Gasteiger partial charge in [-0.05, 0) is 23.8 Å². The first-order valence-corrected chi connectivity index (χ1v) is 23.0. The molecule has 61 heavy (non-hydrogen) atoms. The first-order chi connectivity index (χ1) is 28.4. The van der Waals surface area contributed by atoms with E-state index in [1.807, 2.05) is 0 Å². The minimum Gasteiger partial charge on any atom is -0.504 e. The Morgan fingerprint density at radius 1 is 1.07 bits per heavy atom. The Bertz CT molecular complexity index is 2230. The summed E-state index contributed by atoms with van der Waals surface area (Å²) >= 11 is 0.935. The third kappa shape index (κ3) is 14.6. The monoisotopic (exact) mass is 943 g/mol. The number of amides is 2. The Hall–Kier alpha value is -3.88. The van der Waals surface area contributed by atoms with Crippen LogP contribution in [0.25, 0.3) is 17.2 Å². The number of phenolic OH excluding ortho intramolecular Hbond substituents is 1. The van der Waals surface area contributed by atoms with Crippen molar-refractivity contribution < 1.29 is 90.3 Å². The first-order valence-electron chi connectivity index (χ1n) is 17.5. The number of nitrogens with one attached hydrogen (secondary N) is 2. The smallest absolute Gasteiger partial charge is 0.481 e. The lowest BCUT2D eigenvalue weighted by Gasteiger charge is -2.30. The van der Waals surface area contributed by atoms with E-state index in [9.17, 15) is 63.0 Å². The molecule has 0 bridgehead atoms. The Morgan fingerprint density at radius 2 is 1.77 bits per heavy atom. The Labute approximate surface area is 350 Å². The van der Waals surface area contributed by atoms with Gasteiger partial charge in [0.1, 0.15) is 36.3 Å². The number of fused-ring (bicyclic) bond motifs is 1. The predicted molar refractivity (Wildman–Crippen MR) is 211 cm³/mol. The van der Waals surface area contributed by atoms with Crippen molar-refractivity contribution in [1.29, 1.82) is 0 Å². The fourth-order valence-corrected chi connectivity index (χ4v) is 8.69. The van der Waals surface area contributed by atoms with E-state index in [-0.39, 0.29) is 58.9 Å². The van der Waals surface area contributed by atoms with Gasteiger partial charge in [0.2, 0.25) is 16.9 Å². The van der Waals surface area contributed by atoms with Crippen molar-refractivity contribution in [2.75, 3.05) is 44.9 Å². The summed E-state index contributed by atoms with van der Waals surface area (Å²) in [6.45, 7) is 0.299. The van der Waals surface area contributed by atoms with Crippen LogP contribution in [0.5, 0.6) is 11.5 Å². The number of phenols is 1. The van der Waals surface area contributed by atoms with Crippen LogP contribution in [0.1, 0.15) is 32.1 Å². The molecular formula is C31H44N7O19P3S. The van der Waals surface area contributed by atoms with Crippen molar-refractivity contribution >= 4 is 75.2 Å². The van der Waals surface area contributed by atoms with Crippen LogP contribution < -0.4 is 21.1 Å². The molecule has 7 unspecified atom stereocenters. The predicted octanol–water partition coefficient (Wildman–Crippen LogP) is 0.0923. The number of hydrogen-bond acceptors (Lipinski definition) is 20. The number of methoxy groups -OCH3 is 1. The van der Waals surface area contributed by atoms with E-state index in [4.69, 9.17) is 24.3 Å². The number of carbonyl (C=O) groups excluding carboxylic acids is 3. The second-order valence-electron chi connectivity index (χ2n) is 13.5. The second-order valence-corrected chi connectivity index (χ2v) is 18.8. The van der Waals surface area contributed by atoms with Crippen molar-refractivity contribution in [3.63, 3.8) is 0 Å². The molecule has 0 spiro atoms. The number of carbonyl (C=O) groups is 3. The lowest BCUT2D eigenvalue weighted by molar-refractivity contribution is -0.137. The highest BCUT2D eigenvalue weighted by atomic mass is 32.2. The molecule has 1 aliphatic rings. The molecule has 1 fully saturated rings. The molecule has 0 aliphatic carbocycles. The molecule has 11 N–H and O–H groups in total. The van der Waals surface area contributed by atoms with Crippen molar-refractivity contribution in [2.45, 2.75) is 50.9 Å². The number of phosphoric ester groups is 3. The van der Waals surface area contributed by atoms with E-state index < -0.39 is 84.6 Å². The summed E-state index contributed by atoms with van der Waals surface area (Å²) in [6, 6.07) is 4.56. The van der Waals surface area contributed by atoms with Crippen molar-refractivity contribution in [1.82, 2.24) is 30.2 Å². The van der Waals surface area contributed by atoms with Crippen molar-refractivity contribution in [3.05, 3.63) is 42.5 Å². The Kier molecular flexibility index (Phi) is 17.1. The molecule has 30 heteroatoms. The number of benzene rings is 1. The highest BCUT2D eigenvalue weighted by Gasteiger charge is 2.50. The van der Waals surface area contributed by atoms with Crippen LogP contribution in [-0.2, 0) is 50.7 Å². The van der Waals surface area contributed by atoms with Gasteiger partial charge in [0, 0.05) is 30.7 Å². The molecule has 3 heterocycles. The zero-order valence-corrected chi connectivity index (χ0v) is 35.8. The van der Waals surface area contributed by atoms with Crippen LogP contribution in [0.2, 0.25) is 0 Å². The number of aromatic nitrogens is 4. The topological polar surface area (TPSA) is 393 Å². The van der Waals surface area contributed by atoms with Crippen LogP contribution in [0, 0.1) is 5.41 Å². The van der Waals surface area contributed by atoms with Crippen molar-refractivity contribution in [3.8, 4) is 11.5 Å². The number of nitrogens with zero attached hydrogens (tertiary/aromatic N) is 4. The molecular weight excluding hydrogens is 899 g/mol. The number of aliphatic hydroxyl groups excluding tert-OH is 2. The quantitative estimate of drug-likeness (QED) is 0.0362. The van der Waals surface area contributed by atoms with Crippen LogP contribution >= 0.6 is 35.2 Å². The molecule has 26 nitrogen and oxygen atoms in total. The fraction of sp³-hybridized carbons (Fsp3) is 0.484. The van der Waals surface area contributed by atoms with Gasteiger partial charge >= 0.3 is 23.5 Å². The summed E-state index contributed by atoms with van der Waals surface area (Å²) in [7, 11) is -15.1. The zero-order valence-electron chi connectivity index (χ0n) is 32.3. The van der Waals surface area contributed by atoms with Crippen LogP contribution in [0.3, 0.4) is 0 Å². The summed E-state index contributed by atoms with van der Waals surface area (Å²) in [5, 5.41) is 35.7. The maximum Gasteiger partial charge on any atom is 0.481 e. The molecule has 1 aliphatic heterocycles. The maximum absolute atomic E-state index is 12.7. The summed E-state index contributed by atoms with van der Waals surface area (Å²) < 4.78 is 67.2. The molecule has 0 saturated carbocycles. The fourth-order valence-electron chi connectivity index (χ4n) is 5.29. The summed E-state index contributed by atoms with van der Waals surface area (Å²) in [5.74, 6) is -1.12. The van der Waals surface area contributed by atoms with Gasteiger partial charge in [0.05, 0.1) is 26.7 Å². The number of aromatic hydroxyl groups is 1. The molecule has 0 radical (unpaired) electrons. The van der Waals surface area contributed by atoms with Gasteiger partial charge in [-0.25, -0.2) is 28.6 Å². The summed E-state index contributed by atoms with van der Waals surface area (Å²) in [4.78, 5) is 88.0. The van der Waals surface area contributed by atoms with Gasteiger partial charge in [-0.15, -0.1) is 0 Å². The van der Waals surface area contributed by atoms with E-state index in [0.717, 1.165) is 29.0 Å². The van der Waals surface area contributed by atoms with Gasteiger partial charge in [-0.1, -0.05) is 37.8 Å². The molecule has 2 aromatic heterocycles. The zero-order chi connectivity index (χ0) is 45.3. The molecule has 1 saturated heterocycles. The van der Waals surface area contributed by atoms with Crippen LogP contribution in [-0.4, -0.2) is 135 Å². The highest BCUT2D eigenvalue weighted by Crippen LogP contribution is 2.61. The Morgan fingerprint density at radius 3 is 2.46 bits per heavy atom. The van der Waals surface area contributed by atoms with Gasteiger partial charge in [0.25, 0.3) is 0 Å². The molecule has 7 atom stereocenters. The number of phosphoric acid groups is 3. The molecule has 3 aromatic rings. The van der Waals surface area contributed by atoms with Crippen LogP contribution in [0.4, 0.5) is 5.82 Å². The van der Waals surface area contributed by atoms with Gasteiger partial charge in [-0.3, -0.25) is 32.5 Å².